The summed E-state index contributed by atoms with van der Waals surface area (Å²) >= 11 is 0. The van der Waals surface area contributed by atoms with Crippen LogP contribution >= 0.6 is 0 Å². The molecule has 0 bridgehead atoms. The van der Waals surface area contributed by atoms with Gasteiger partial charge in [-0.15, -0.1) is 0 Å². The number of fused-ring (bicyclic) bond motifs is 1. The summed E-state index contributed by atoms with van der Waals surface area (Å²) in [4.78, 5) is 5.66. The minimum atomic E-state index is 0.441. The maximum Gasteiger partial charge on any atom is 0.0621 e. The first-order chi connectivity index (χ1) is 8.24. The molecule has 3 heteroatoms. The highest BCUT2D eigenvalue weighted by atomic mass is 15.1. The van der Waals surface area contributed by atoms with E-state index in [1.165, 1.54) is 29.4 Å². The van der Waals surface area contributed by atoms with E-state index in [1.807, 2.05) is 0 Å². The van der Waals surface area contributed by atoms with Crippen LogP contribution in [0.5, 0.6) is 0 Å². The van der Waals surface area contributed by atoms with E-state index in [1.54, 1.807) is 0 Å². The maximum absolute atomic E-state index is 5.83. The van der Waals surface area contributed by atoms with E-state index >= 15 is 0 Å². The van der Waals surface area contributed by atoms with Crippen molar-refractivity contribution >= 4 is 16.6 Å². The van der Waals surface area contributed by atoms with Crippen molar-refractivity contribution in [1.29, 1.82) is 0 Å². The summed E-state index contributed by atoms with van der Waals surface area (Å²) in [5, 5.41) is 1.30. The van der Waals surface area contributed by atoms with Gasteiger partial charge in [0.25, 0.3) is 0 Å². The molecule has 3 nitrogen and oxygen atoms in total. The molecule has 0 saturated heterocycles. The number of rotatable bonds is 3. The minimum Gasteiger partial charge on any atom is -0.373 e. The number of nitrogens with two attached hydrogens (primary N) is 1. The van der Waals surface area contributed by atoms with Crippen LogP contribution in [0.1, 0.15) is 12.8 Å². The number of para-hydroxylation sites is 1. The Kier molecular flexibility index (Phi) is 2.56. The van der Waals surface area contributed by atoms with Crippen molar-refractivity contribution in [2.24, 2.45) is 11.7 Å². The zero-order valence-corrected chi connectivity index (χ0v) is 10.2. The molecule has 0 spiro atoms. The molecule has 1 fully saturated rings. The second-order valence-electron chi connectivity index (χ2n) is 5.20. The van der Waals surface area contributed by atoms with Gasteiger partial charge in [0.2, 0.25) is 0 Å². The van der Waals surface area contributed by atoms with Crippen molar-refractivity contribution < 1.29 is 0 Å². The Morgan fingerprint density at radius 2 is 2.12 bits per heavy atom. The number of anilines is 1. The molecular weight excluding hydrogens is 210 g/mol. The fourth-order valence-electron chi connectivity index (χ4n) is 2.79. The lowest BCUT2D eigenvalue weighted by Gasteiger charge is -2.35. The maximum atomic E-state index is 5.83. The van der Waals surface area contributed by atoms with Crippen molar-refractivity contribution in [1.82, 2.24) is 4.98 Å². The van der Waals surface area contributed by atoms with Gasteiger partial charge in [-0.3, -0.25) is 0 Å². The number of nitrogens with one attached hydrogen (secondary N) is 1. The Labute approximate surface area is 102 Å². The molecule has 1 heterocycles. The third kappa shape index (κ3) is 1.91. The monoisotopic (exact) mass is 229 g/mol. The van der Waals surface area contributed by atoms with Gasteiger partial charge in [0, 0.05) is 36.7 Å². The molecule has 0 unspecified atom stereocenters. The molecule has 90 valence electrons. The molecule has 3 rings (SSSR count). The van der Waals surface area contributed by atoms with Crippen LogP contribution in [-0.4, -0.2) is 24.6 Å². The average Bonchev–Trinajstić information content (AvgIpc) is 2.70. The van der Waals surface area contributed by atoms with Crippen LogP contribution in [0.25, 0.3) is 10.9 Å². The van der Waals surface area contributed by atoms with E-state index in [-0.39, 0.29) is 0 Å². The number of nitrogens with zero attached hydrogens (tertiary/aromatic N) is 1. The van der Waals surface area contributed by atoms with Crippen LogP contribution < -0.4 is 10.6 Å². The largest absolute Gasteiger partial charge is 0.373 e. The number of hydrogen-bond acceptors (Lipinski definition) is 2. The number of hydrogen-bond donors (Lipinski definition) is 2. The second-order valence-corrected chi connectivity index (χ2v) is 5.20. The third-order valence-electron chi connectivity index (χ3n) is 3.78. The molecule has 1 aromatic carbocycles. The molecule has 3 N–H and O–H groups in total. The fourth-order valence-corrected chi connectivity index (χ4v) is 2.79. The summed E-state index contributed by atoms with van der Waals surface area (Å²) in [6, 6.07) is 8.88. The smallest absolute Gasteiger partial charge is 0.0621 e. The van der Waals surface area contributed by atoms with Gasteiger partial charge in [-0.25, -0.2) is 0 Å². The summed E-state index contributed by atoms with van der Waals surface area (Å²) in [6.07, 6.45) is 4.45. The Balaban J connectivity index is 1.78. The van der Waals surface area contributed by atoms with Crippen LogP contribution in [0.2, 0.25) is 0 Å². The molecule has 1 saturated carbocycles. The highest BCUT2D eigenvalue weighted by Crippen LogP contribution is 2.30. The van der Waals surface area contributed by atoms with Gasteiger partial charge < -0.3 is 15.6 Å². The summed E-state index contributed by atoms with van der Waals surface area (Å²) < 4.78 is 0. The van der Waals surface area contributed by atoms with E-state index in [9.17, 15) is 0 Å². The Morgan fingerprint density at radius 1 is 1.35 bits per heavy atom. The molecule has 0 atom stereocenters. The van der Waals surface area contributed by atoms with Crippen LogP contribution in [0.3, 0.4) is 0 Å². The summed E-state index contributed by atoms with van der Waals surface area (Å²) in [7, 11) is 2.17. The first kappa shape index (κ1) is 10.7. The van der Waals surface area contributed by atoms with Crippen molar-refractivity contribution in [2.45, 2.75) is 18.9 Å². The van der Waals surface area contributed by atoms with Gasteiger partial charge in [0.1, 0.15) is 0 Å². The standard InChI is InChI=1S/C14H19N3/c1-17(9-10-6-11(15)7-10)14-8-16-13-5-3-2-4-12(13)14/h2-5,8,10-11,16H,6-7,9,15H2,1H3. The molecule has 0 amide bonds. The Bertz CT molecular complexity index is 511. The lowest BCUT2D eigenvalue weighted by molar-refractivity contribution is 0.271. The molecule has 1 aliphatic rings. The third-order valence-corrected chi connectivity index (χ3v) is 3.78. The Morgan fingerprint density at radius 3 is 2.88 bits per heavy atom. The SMILES string of the molecule is CN(CC1CC(N)C1)c1c[nH]c2ccccc12. The zero-order valence-electron chi connectivity index (χ0n) is 10.2. The summed E-state index contributed by atoms with van der Waals surface area (Å²) in [5.74, 6) is 0.767. The minimum absolute atomic E-state index is 0.441. The van der Waals surface area contributed by atoms with E-state index in [4.69, 9.17) is 5.73 Å². The first-order valence-corrected chi connectivity index (χ1v) is 6.27. The molecular formula is C14H19N3. The molecule has 0 radical (unpaired) electrons. The van der Waals surface area contributed by atoms with Crippen LogP contribution in [-0.2, 0) is 0 Å². The quantitative estimate of drug-likeness (QED) is 0.848. The van der Waals surface area contributed by atoms with E-state index < -0.39 is 0 Å². The summed E-state index contributed by atoms with van der Waals surface area (Å²) in [6.45, 7) is 1.11. The van der Waals surface area contributed by atoms with Crippen molar-refractivity contribution in [3.8, 4) is 0 Å². The molecule has 1 aliphatic carbocycles. The van der Waals surface area contributed by atoms with E-state index in [2.05, 4.69) is 47.4 Å². The van der Waals surface area contributed by atoms with Gasteiger partial charge in [-0.1, -0.05) is 18.2 Å². The predicted octanol–water partition coefficient (Wildman–Crippen LogP) is 2.34. The Hall–Kier alpha value is -1.48. The molecule has 0 aliphatic heterocycles. The summed E-state index contributed by atoms with van der Waals surface area (Å²) in [5.41, 5.74) is 8.33. The topological polar surface area (TPSA) is 45.0 Å². The van der Waals surface area contributed by atoms with E-state index in [0.29, 0.717) is 6.04 Å². The van der Waals surface area contributed by atoms with Crippen molar-refractivity contribution in [2.75, 3.05) is 18.5 Å². The van der Waals surface area contributed by atoms with Gasteiger partial charge in [-0.2, -0.15) is 0 Å². The molecule has 17 heavy (non-hydrogen) atoms. The predicted molar refractivity (Wildman–Crippen MR) is 72.3 cm³/mol. The lowest BCUT2D eigenvalue weighted by atomic mass is 9.80. The number of aromatic amines is 1. The lowest BCUT2D eigenvalue weighted by Crippen LogP contribution is -2.41. The van der Waals surface area contributed by atoms with Crippen LogP contribution in [0, 0.1) is 5.92 Å². The van der Waals surface area contributed by atoms with E-state index in [0.717, 1.165) is 12.5 Å². The second kappa shape index (κ2) is 4.08. The van der Waals surface area contributed by atoms with Crippen molar-refractivity contribution in [3.05, 3.63) is 30.5 Å². The number of aromatic nitrogens is 1. The van der Waals surface area contributed by atoms with Crippen molar-refractivity contribution in [3.63, 3.8) is 0 Å². The van der Waals surface area contributed by atoms with Crippen LogP contribution in [0.4, 0.5) is 5.69 Å². The molecule has 2 aromatic rings. The zero-order chi connectivity index (χ0) is 11.8. The van der Waals surface area contributed by atoms with Gasteiger partial charge in [0.15, 0.2) is 0 Å². The average molecular weight is 229 g/mol. The van der Waals surface area contributed by atoms with Gasteiger partial charge in [-0.05, 0) is 24.8 Å². The van der Waals surface area contributed by atoms with Gasteiger partial charge in [0.05, 0.1) is 5.69 Å². The number of benzene rings is 1. The highest BCUT2D eigenvalue weighted by Gasteiger charge is 2.27. The molecule has 1 aromatic heterocycles. The highest BCUT2D eigenvalue weighted by molar-refractivity contribution is 5.92. The van der Waals surface area contributed by atoms with Gasteiger partial charge >= 0.3 is 0 Å². The number of H-pyrrole nitrogens is 1. The first-order valence-electron chi connectivity index (χ1n) is 6.27. The normalized spacial score (nSPS) is 23.6. The van der Waals surface area contributed by atoms with Crippen LogP contribution in [0.15, 0.2) is 30.5 Å². The fraction of sp³-hybridized carbons (Fsp3) is 0.429.